The molecule has 0 heterocycles. The summed E-state index contributed by atoms with van der Waals surface area (Å²) in [5.74, 6) is 0. The number of rotatable bonds is 23. The predicted molar refractivity (Wildman–Crippen MR) is 139 cm³/mol. The maximum Gasteiger partial charge on any atom is 0.150 e. The van der Waals surface area contributed by atoms with Crippen LogP contribution in [0.4, 0.5) is 0 Å². The maximum absolute atomic E-state index is 6.37. The minimum absolute atomic E-state index is 1.18. The second-order valence-corrected chi connectivity index (χ2v) is 17.4. The van der Waals surface area contributed by atoms with Crippen LogP contribution < -0.4 is 0 Å². The Morgan fingerprint density at radius 1 is 0.429 bits per heavy atom. The fourth-order valence-electron chi connectivity index (χ4n) is 4.00. The Bertz CT molecular complexity index is 291. The van der Waals surface area contributed by atoms with Crippen LogP contribution in [0.1, 0.15) is 135 Å². The molecule has 28 heavy (non-hydrogen) atoms. The smallest absolute Gasteiger partial charge is 0.150 e. The molecule has 0 N–H and O–H groups in total. The molecule has 0 unspecified atom stereocenters. The molecular formula is C25H52BrClSi. The van der Waals surface area contributed by atoms with Crippen LogP contribution >= 0.6 is 27.0 Å². The second kappa shape index (κ2) is 22.7. The van der Waals surface area contributed by atoms with Gasteiger partial charge >= 0.3 is 0 Å². The average molecular weight is 496 g/mol. The first-order valence-electron chi connectivity index (χ1n) is 12.8. The fraction of sp³-hybridized carbons (Fsp3) is 1.00. The zero-order valence-corrected chi connectivity index (χ0v) is 22.9. The first-order valence-corrected chi connectivity index (χ1v) is 18.2. The van der Waals surface area contributed by atoms with Crippen LogP contribution in [0.3, 0.4) is 0 Å². The lowest BCUT2D eigenvalue weighted by Crippen LogP contribution is -2.14. The monoisotopic (exact) mass is 494 g/mol. The lowest BCUT2D eigenvalue weighted by molar-refractivity contribution is 0.521. The van der Waals surface area contributed by atoms with Crippen LogP contribution in [0, 0.1) is 0 Å². The van der Waals surface area contributed by atoms with Crippen molar-refractivity contribution in [2.75, 3.05) is 5.33 Å². The van der Waals surface area contributed by atoms with E-state index in [1.165, 1.54) is 146 Å². The van der Waals surface area contributed by atoms with Crippen LogP contribution in [-0.4, -0.2) is 12.7 Å². The molecule has 0 aromatic carbocycles. The van der Waals surface area contributed by atoms with Crippen molar-refractivity contribution >= 4 is 34.4 Å². The van der Waals surface area contributed by atoms with E-state index in [0.717, 1.165) is 0 Å². The van der Waals surface area contributed by atoms with Crippen molar-refractivity contribution in [3.63, 3.8) is 0 Å². The molecule has 0 rings (SSSR count). The molecule has 0 fully saturated rings. The highest BCUT2D eigenvalue weighted by molar-refractivity contribution is 9.09. The van der Waals surface area contributed by atoms with E-state index in [2.05, 4.69) is 29.0 Å². The number of halogens is 2. The molecule has 170 valence electrons. The topological polar surface area (TPSA) is 0 Å². The van der Waals surface area contributed by atoms with E-state index in [4.69, 9.17) is 11.1 Å². The Labute approximate surface area is 193 Å². The van der Waals surface area contributed by atoms with Gasteiger partial charge < -0.3 is 0 Å². The fourth-order valence-corrected chi connectivity index (χ4v) is 5.89. The average Bonchev–Trinajstić information content (AvgIpc) is 2.65. The molecule has 0 atom stereocenters. The summed E-state index contributed by atoms with van der Waals surface area (Å²) >= 11 is 9.87. The number of alkyl halides is 1. The van der Waals surface area contributed by atoms with Gasteiger partial charge in [-0.1, -0.05) is 157 Å². The van der Waals surface area contributed by atoms with Crippen molar-refractivity contribution < 1.29 is 0 Å². The van der Waals surface area contributed by atoms with Crippen LogP contribution in [0.25, 0.3) is 0 Å². The van der Waals surface area contributed by atoms with Crippen molar-refractivity contribution in [2.24, 2.45) is 0 Å². The van der Waals surface area contributed by atoms with Crippen molar-refractivity contribution in [3.8, 4) is 0 Å². The van der Waals surface area contributed by atoms with Gasteiger partial charge in [-0.25, -0.2) is 0 Å². The van der Waals surface area contributed by atoms with Crippen molar-refractivity contribution in [2.45, 2.75) is 154 Å². The largest absolute Gasteiger partial charge is 0.168 e. The maximum atomic E-state index is 6.37. The molecule has 3 heteroatoms. The van der Waals surface area contributed by atoms with Crippen molar-refractivity contribution in [1.82, 2.24) is 0 Å². The third-order valence-corrected chi connectivity index (χ3v) is 8.58. The lowest BCUT2D eigenvalue weighted by Gasteiger charge is -2.11. The van der Waals surface area contributed by atoms with Gasteiger partial charge in [0.05, 0.1) is 0 Å². The van der Waals surface area contributed by atoms with Gasteiger partial charge in [0, 0.05) is 5.33 Å². The highest BCUT2D eigenvalue weighted by Crippen LogP contribution is 2.19. The Balaban J connectivity index is 3.01. The minimum atomic E-state index is -1.30. The van der Waals surface area contributed by atoms with Gasteiger partial charge in [-0.15, -0.1) is 0 Å². The lowest BCUT2D eigenvalue weighted by atomic mass is 10.0. The Kier molecular flexibility index (Phi) is 23.5. The summed E-state index contributed by atoms with van der Waals surface area (Å²) in [6.45, 7) is 4.54. The molecule has 0 radical (unpaired) electrons. The number of hydrogen-bond donors (Lipinski definition) is 0. The van der Waals surface area contributed by atoms with Gasteiger partial charge in [0.2, 0.25) is 0 Å². The summed E-state index contributed by atoms with van der Waals surface area (Å²) in [5.41, 5.74) is 0. The highest BCUT2D eigenvalue weighted by Gasteiger charge is 2.15. The van der Waals surface area contributed by atoms with Crippen molar-refractivity contribution in [1.29, 1.82) is 0 Å². The van der Waals surface area contributed by atoms with Crippen LogP contribution in [0.15, 0.2) is 0 Å². The SMILES string of the molecule is C[Si](C)(Cl)CCCCCCCCCCCCCCCCCCCCCCCBr. The zero-order valence-electron chi connectivity index (χ0n) is 19.5. The molecule has 0 amide bonds. The Morgan fingerprint density at radius 3 is 0.857 bits per heavy atom. The molecule has 0 aromatic rings. The molecule has 0 aliphatic carbocycles. The third-order valence-electron chi connectivity index (χ3n) is 5.90. The summed E-state index contributed by atoms with van der Waals surface area (Å²) < 4.78 is 0. The van der Waals surface area contributed by atoms with Gasteiger partial charge in [-0.2, -0.15) is 11.1 Å². The summed E-state index contributed by atoms with van der Waals surface area (Å²) in [7, 11) is -1.30. The molecule has 0 aromatic heterocycles. The molecule has 0 saturated carbocycles. The van der Waals surface area contributed by atoms with Gasteiger partial charge in [0.1, 0.15) is 7.38 Å². The predicted octanol–water partition coefficient (Wildman–Crippen LogP) is 11.0. The summed E-state index contributed by atoms with van der Waals surface area (Å²) in [4.78, 5) is 0. The van der Waals surface area contributed by atoms with E-state index < -0.39 is 7.38 Å². The molecule has 0 saturated heterocycles. The van der Waals surface area contributed by atoms with Gasteiger partial charge in [-0.05, 0) is 12.5 Å². The first kappa shape index (κ1) is 29.0. The first-order chi connectivity index (χ1) is 13.6. The van der Waals surface area contributed by atoms with Gasteiger partial charge in [-0.3, -0.25) is 0 Å². The molecule has 0 spiro atoms. The van der Waals surface area contributed by atoms with Crippen LogP contribution in [0.2, 0.25) is 19.1 Å². The zero-order chi connectivity index (χ0) is 20.8. The van der Waals surface area contributed by atoms with Crippen LogP contribution in [0.5, 0.6) is 0 Å². The summed E-state index contributed by atoms with van der Waals surface area (Å²) in [6.07, 6.45) is 30.5. The molecular weight excluding hydrogens is 444 g/mol. The Hall–Kier alpha value is 0.987. The number of hydrogen-bond acceptors (Lipinski definition) is 0. The third kappa shape index (κ3) is 27.0. The van der Waals surface area contributed by atoms with E-state index in [0.29, 0.717) is 0 Å². The van der Waals surface area contributed by atoms with E-state index >= 15 is 0 Å². The molecule has 0 bridgehead atoms. The second-order valence-electron chi connectivity index (χ2n) is 9.58. The normalized spacial score (nSPS) is 12.0. The van der Waals surface area contributed by atoms with E-state index in [9.17, 15) is 0 Å². The van der Waals surface area contributed by atoms with Gasteiger partial charge in [0.15, 0.2) is 0 Å². The Morgan fingerprint density at radius 2 is 0.643 bits per heavy atom. The van der Waals surface area contributed by atoms with Crippen LogP contribution in [-0.2, 0) is 0 Å². The molecule has 0 aliphatic rings. The standard InChI is InChI=1S/C25H52BrClSi/c1-28(2,27)25-23-21-19-17-15-13-11-9-7-5-3-4-6-8-10-12-14-16-18-20-22-24-26/h3-25H2,1-2H3. The summed E-state index contributed by atoms with van der Waals surface area (Å²) in [5, 5.41) is 1.18. The summed E-state index contributed by atoms with van der Waals surface area (Å²) in [6, 6.07) is 1.30. The van der Waals surface area contributed by atoms with Crippen molar-refractivity contribution in [3.05, 3.63) is 0 Å². The molecule has 0 aliphatic heterocycles. The molecule has 0 nitrogen and oxygen atoms in total. The highest BCUT2D eigenvalue weighted by atomic mass is 79.9. The quantitative estimate of drug-likeness (QED) is 0.0572. The van der Waals surface area contributed by atoms with E-state index in [1.807, 2.05) is 0 Å². The van der Waals surface area contributed by atoms with Gasteiger partial charge in [0.25, 0.3) is 0 Å². The number of unbranched alkanes of at least 4 members (excludes halogenated alkanes) is 20. The van der Waals surface area contributed by atoms with E-state index in [1.54, 1.807) is 0 Å². The van der Waals surface area contributed by atoms with E-state index in [-0.39, 0.29) is 0 Å². The minimum Gasteiger partial charge on any atom is -0.168 e.